The first kappa shape index (κ1) is 92.1. The van der Waals surface area contributed by atoms with E-state index in [9.17, 15) is 43.2 Å². The van der Waals surface area contributed by atoms with Crippen LogP contribution in [0.2, 0.25) is 0 Å². The molecule has 0 bridgehead atoms. The summed E-state index contributed by atoms with van der Waals surface area (Å²) in [6.07, 6.45) is 48.8. The van der Waals surface area contributed by atoms with Crippen molar-refractivity contribution in [2.75, 3.05) is 39.6 Å². The Kier molecular flexibility index (Phi) is 63.1. The van der Waals surface area contributed by atoms with Crippen LogP contribution >= 0.6 is 15.6 Å². The van der Waals surface area contributed by atoms with Crippen molar-refractivity contribution in [3.05, 3.63) is 0 Å². The molecule has 0 rings (SSSR count). The number of aliphatic hydroxyl groups is 1. The van der Waals surface area contributed by atoms with Crippen LogP contribution < -0.4 is 0 Å². The minimum absolute atomic E-state index is 0.106. The fourth-order valence-corrected chi connectivity index (χ4v) is 12.9. The van der Waals surface area contributed by atoms with Crippen LogP contribution in [0.15, 0.2) is 0 Å². The number of hydrogen-bond acceptors (Lipinski definition) is 15. The van der Waals surface area contributed by atoms with E-state index in [1.165, 1.54) is 167 Å². The number of unbranched alkanes of at least 4 members (excludes halogenated alkanes) is 37. The highest BCUT2D eigenvalue weighted by molar-refractivity contribution is 7.47. The molecule has 94 heavy (non-hydrogen) atoms. The SMILES string of the molecule is CCC(C)CCCCCCCCC(=O)OC[C@H](COP(=O)(O)OC[C@@H](O)COP(=O)(O)OC[C@@H](COC(=O)CCCCCCCCC(C)C)OC(=O)CCCCCCCCCCCCCCCCC(C)C)OC(=O)CCCCCCCCCCCCCCCCCC(C)C. The number of carbonyl (C=O) groups is 4. The number of hydrogen-bond donors (Lipinski definition) is 3. The van der Waals surface area contributed by atoms with Gasteiger partial charge in [-0.2, -0.15) is 0 Å². The number of aliphatic hydroxyl groups excluding tert-OH is 1. The van der Waals surface area contributed by atoms with E-state index in [0.29, 0.717) is 31.6 Å². The Labute approximate surface area is 575 Å². The molecule has 0 aliphatic rings. The van der Waals surface area contributed by atoms with Crippen LogP contribution in [0.1, 0.15) is 376 Å². The summed E-state index contributed by atoms with van der Waals surface area (Å²) in [5.74, 6) is 0.883. The molecule has 0 fully saturated rings. The van der Waals surface area contributed by atoms with Gasteiger partial charge >= 0.3 is 39.5 Å². The Bertz CT molecular complexity index is 1850. The molecule has 0 aromatic rings. The Morgan fingerprint density at radius 3 is 0.755 bits per heavy atom. The third-order valence-electron chi connectivity index (χ3n) is 17.7. The van der Waals surface area contributed by atoms with Crippen molar-refractivity contribution in [1.82, 2.24) is 0 Å². The second kappa shape index (κ2) is 64.4. The molecule has 17 nitrogen and oxygen atoms in total. The van der Waals surface area contributed by atoms with Crippen LogP contribution in [0.4, 0.5) is 0 Å². The Morgan fingerprint density at radius 1 is 0.298 bits per heavy atom. The molecule has 0 saturated heterocycles. The number of ether oxygens (including phenoxy) is 4. The lowest BCUT2D eigenvalue weighted by molar-refractivity contribution is -0.161. The third kappa shape index (κ3) is 67.3. The summed E-state index contributed by atoms with van der Waals surface area (Å²) in [7, 11) is -9.91. The van der Waals surface area contributed by atoms with Gasteiger partial charge in [0.2, 0.25) is 0 Å². The summed E-state index contributed by atoms with van der Waals surface area (Å²) in [5.41, 5.74) is 0. The highest BCUT2D eigenvalue weighted by Crippen LogP contribution is 2.45. The van der Waals surface area contributed by atoms with Gasteiger partial charge in [-0.3, -0.25) is 37.3 Å². The summed E-state index contributed by atoms with van der Waals surface area (Å²) >= 11 is 0. The summed E-state index contributed by atoms with van der Waals surface area (Å²) < 4.78 is 68.4. The Hall–Kier alpha value is -1.94. The maximum Gasteiger partial charge on any atom is 0.472 e. The second-order valence-electron chi connectivity index (χ2n) is 28.7. The summed E-state index contributed by atoms with van der Waals surface area (Å²) in [6.45, 7) is 14.1. The third-order valence-corrected chi connectivity index (χ3v) is 19.6. The number of phosphoric ester groups is 2. The van der Waals surface area contributed by atoms with E-state index in [4.69, 9.17) is 37.0 Å². The lowest BCUT2D eigenvalue weighted by Crippen LogP contribution is -2.30. The van der Waals surface area contributed by atoms with Crippen molar-refractivity contribution in [2.24, 2.45) is 23.7 Å². The van der Waals surface area contributed by atoms with Crippen molar-refractivity contribution < 1.29 is 80.2 Å². The van der Waals surface area contributed by atoms with Gasteiger partial charge in [0.05, 0.1) is 26.4 Å². The summed E-state index contributed by atoms with van der Waals surface area (Å²) in [6, 6.07) is 0. The Morgan fingerprint density at radius 2 is 0.511 bits per heavy atom. The van der Waals surface area contributed by atoms with Crippen LogP contribution in [-0.4, -0.2) is 96.7 Å². The smallest absolute Gasteiger partial charge is 0.462 e. The molecule has 19 heteroatoms. The van der Waals surface area contributed by atoms with Gasteiger partial charge in [-0.15, -0.1) is 0 Å². The molecule has 0 aliphatic heterocycles. The predicted molar refractivity (Wildman–Crippen MR) is 381 cm³/mol. The van der Waals surface area contributed by atoms with Crippen molar-refractivity contribution in [1.29, 1.82) is 0 Å². The first-order chi connectivity index (χ1) is 45.1. The molecule has 3 N–H and O–H groups in total. The number of carbonyl (C=O) groups excluding carboxylic acids is 4. The van der Waals surface area contributed by atoms with Crippen LogP contribution in [0.25, 0.3) is 0 Å². The topological polar surface area (TPSA) is 237 Å². The van der Waals surface area contributed by atoms with Crippen molar-refractivity contribution >= 4 is 39.5 Å². The highest BCUT2D eigenvalue weighted by Gasteiger charge is 2.30. The lowest BCUT2D eigenvalue weighted by Gasteiger charge is -2.21. The van der Waals surface area contributed by atoms with E-state index in [1.807, 2.05) is 0 Å². The molecule has 3 unspecified atom stereocenters. The normalized spacial score (nSPS) is 14.4. The quantitative estimate of drug-likeness (QED) is 0.0222. The van der Waals surface area contributed by atoms with Gasteiger partial charge in [-0.25, -0.2) is 9.13 Å². The van der Waals surface area contributed by atoms with Crippen LogP contribution in [0.3, 0.4) is 0 Å². The standard InChI is InChI=1S/C75H146O17P2/c1-9-68(8)54-46-38-32-34-40-48-56-73(78)86-62-71(92-75(80)57-49-41-29-25-21-17-12-10-11-15-19-23-27-35-43-51-65(2)3)64-90-94(83,84)88-60-69(76)59-87-93(81,82)89-63-70(61-85-72(77)55-47-39-33-31-37-45-53-67(6)7)91-74(79)58-50-42-30-26-22-18-14-13-16-20-24-28-36-44-52-66(4)5/h65-71,76H,9-64H2,1-8H3,(H,81,82)(H,83,84)/t68?,69-,70+,71+/m0/s1. The minimum atomic E-state index is -4.96. The maximum absolute atomic E-state index is 13.1. The van der Waals surface area contributed by atoms with E-state index >= 15 is 0 Å². The van der Waals surface area contributed by atoms with Gasteiger partial charge < -0.3 is 33.8 Å². The van der Waals surface area contributed by atoms with E-state index in [1.54, 1.807) is 0 Å². The highest BCUT2D eigenvalue weighted by atomic mass is 31.2. The van der Waals surface area contributed by atoms with Crippen LogP contribution in [0.5, 0.6) is 0 Å². The van der Waals surface area contributed by atoms with E-state index in [0.717, 1.165) is 120 Å². The zero-order valence-electron chi connectivity index (χ0n) is 61.6. The molecule has 6 atom stereocenters. The van der Waals surface area contributed by atoms with Gasteiger partial charge in [-0.1, -0.05) is 325 Å². The molecule has 0 amide bonds. The molecule has 0 aromatic heterocycles. The molecule has 0 heterocycles. The molecule has 0 radical (unpaired) electrons. The average molecular weight is 1380 g/mol. The van der Waals surface area contributed by atoms with Gasteiger partial charge in [-0.05, 0) is 49.4 Å². The lowest BCUT2D eigenvalue weighted by atomic mass is 10.00. The zero-order chi connectivity index (χ0) is 69.6. The van der Waals surface area contributed by atoms with Crippen molar-refractivity contribution in [3.8, 4) is 0 Å². The second-order valence-corrected chi connectivity index (χ2v) is 31.6. The van der Waals surface area contributed by atoms with Crippen molar-refractivity contribution in [3.63, 3.8) is 0 Å². The minimum Gasteiger partial charge on any atom is -0.462 e. The van der Waals surface area contributed by atoms with Crippen LogP contribution in [-0.2, 0) is 65.4 Å². The Balaban J connectivity index is 5.20. The monoisotopic (exact) mass is 1380 g/mol. The molecule has 558 valence electrons. The number of phosphoric acid groups is 2. The molecule has 0 aromatic carbocycles. The zero-order valence-corrected chi connectivity index (χ0v) is 63.4. The van der Waals surface area contributed by atoms with Gasteiger partial charge in [0.1, 0.15) is 19.3 Å². The first-order valence-electron chi connectivity index (χ1n) is 38.7. The van der Waals surface area contributed by atoms with E-state index < -0.39 is 97.5 Å². The summed E-state index contributed by atoms with van der Waals surface area (Å²) in [4.78, 5) is 72.7. The fourth-order valence-electron chi connectivity index (χ4n) is 11.3. The van der Waals surface area contributed by atoms with Gasteiger partial charge in [0, 0.05) is 25.7 Å². The predicted octanol–water partition coefficient (Wildman–Crippen LogP) is 21.7. The van der Waals surface area contributed by atoms with Crippen molar-refractivity contribution in [2.45, 2.75) is 395 Å². The first-order valence-corrected chi connectivity index (χ1v) is 41.7. The maximum atomic E-state index is 13.1. The number of rotatable bonds is 72. The molecular formula is C75H146O17P2. The molecule has 0 saturated carbocycles. The molecule has 0 spiro atoms. The molecule has 0 aliphatic carbocycles. The van der Waals surface area contributed by atoms with Gasteiger partial charge in [0.15, 0.2) is 12.2 Å². The number of esters is 4. The van der Waals surface area contributed by atoms with E-state index in [-0.39, 0.29) is 25.7 Å². The summed E-state index contributed by atoms with van der Waals surface area (Å²) in [5, 5.41) is 10.6. The van der Waals surface area contributed by atoms with E-state index in [2.05, 4.69) is 55.4 Å². The van der Waals surface area contributed by atoms with Crippen LogP contribution in [0, 0.1) is 23.7 Å². The average Bonchev–Trinajstić information content (AvgIpc) is 2.60. The largest absolute Gasteiger partial charge is 0.472 e. The molecular weight excluding hydrogens is 1230 g/mol. The van der Waals surface area contributed by atoms with Gasteiger partial charge in [0.25, 0.3) is 0 Å². The fraction of sp³-hybridized carbons (Fsp3) is 0.947.